The van der Waals surface area contributed by atoms with Gasteiger partial charge in [-0.15, -0.1) is 24.0 Å². The topological polar surface area (TPSA) is 75.1 Å². The summed E-state index contributed by atoms with van der Waals surface area (Å²) < 4.78 is 34.4. The third kappa shape index (κ3) is 9.69. The molecule has 6 nitrogen and oxygen atoms in total. The van der Waals surface area contributed by atoms with Crippen LogP contribution >= 0.6 is 24.0 Å². The molecule has 31 heavy (non-hydrogen) atoms. The van der Waals surface area contributed by atoms with Crippen LogP contribution in [0.2, 0.25) is 0 Å². The summed E-state index contributed by atoms with van der Waals surface area (Å²) in [5.74, 6) is 1.51. The molecule has 2 aromatic carbocycles. The number of nitrogens with one attached hydrogen (secondary N) is 2. The maximum Gasteiger partial charge on any atom is 0.387 e. The zero-order valence-corrected chi connectivity index (χ0v) is 20.0. The van der Waals surface area contributed by atoms with E-state index in [2.05, 4.69) is 20.4 Å². The number of alkyl halides is 2. The van der Waals surface area contributed by atoms with Crippen LogP contribution in [0.4, 0.5) is 8.78 Å². The van der Waals surface area contributed by atoms with Crippen LogP contribution in [0, 0.1) is 0 Å². The third-order valence-electron chi connectivity index (χ3n) is 4.22. The van der Waals surface area contributed by atoms with Gasteiger partial charge in [0.1, 0.15) is 11.5 Å². The van der Waals surface area contributed by atoms with Crippen molar-refractivity contribution in [2.24, 2.45) is 4.99 Å². The van der Waals surface area contributed by atoms with Gasteiger partial charge in [-0.25, -0.2) is 0 Å². The molecule has 0 saturated heterocycles. The summed E-state index contributed by atoms with van der Waals surface area (Å²) in [4.78, 5) is 4.41. The number of rotatable bonds is 11. The van der Waals surface area contributed by atoms with Gasteiger partial charge in [0.2, 0.25) is 0 Å². The average Bonchev–Trinajstić information content (AvgIpc) is 2.73. The summed E-state index contributed by atoms with van der Waals surface area (Å²) in [6, 6.07) is 13.8. The van der Waals surface area contributed by atoms with Crippen molar-refractivity contribution in [1.29, 1.82) is 0 Å². The van der Waals surface area contributed by atoms with Gasteiger partial charge in [0.25, 0.3) is 0 Å². The molecule has 0 spiro atoms. The molecule has 0 saturated carbocycles. The fourth-order valence-electron chi connectivity index (χ4n) is 2.82. The van der Waals surface area contributed by atoms with E-state index in [0.29, 0.717) is 31.2 Å². The van der Waals surface area contributed by atoms with E-state index in [9.17, 15) is 13.9 Å². The van der Waals surface area contributed by atoms with Gasteiger partial charge in [0.15, 0.2) is 5.96 Å². The molecule has 0 fully saturated rings. The van der Waals surface area contributed by atoms with Crippen LogP contribution in [0.15, 0.2) is 53.5 Å². The molecule has 0 bridgehead atoms. The second-order valence-corrected chi connectivity index (χ2v) is 6.40. The Morgan fingerprint density at radius 1 is 1.06 bits per heavy atom. The summed E-state index contributed by atoms with van der Waals surface area (Å²) in [5, 5.41) is 16.7. The van der Waals surface area contributed by atoms with E-state index in [-0.39, 0.29) is 36.3 Å². The highest BCUT2D eigenvalue weighted by Crippen LogP contribution is 2.20. The van der Waals surface area contributed by atoms with Crippen LogP contribution in [0.5, 0.6) is 11.5 Å². The lowest BCUT2D eigenvalue weighted by atomic mass is 10.1. The van der Waals surface area contributed by atoms with Crippen molar-refractivity contribution in [3.63, 3.8) is 0 Å². The van der Waals surface area contributed by atoms with E-state index in [1.165, 1.54) is 12.1 Å². The first-order valence-electron chi connectivity index (χ1n) is 9.99. The smallest absolute Gasteiger partial charge is 0.387 e. The summed E-state index contributed by atoms with van der Waals surface area (Å²) in [6.45, 7) is 3.10. The quantitative estimate of drug-likeness (QED) is 0.223. The first-order valence-corrected chi connectivity index (χ1v) is 9.99. The lowest BCUT2D eigenvalue weighted by Crippen LogP contribution is -2.38. The minimum absolute atomic E-state index is 0. The molecule has 3 N–H and O–H groups in total. The van der Waals surface area contributed by atoms with Crippen molar-refractivity contribution in [2.45, 2.75) is 33.0 Å². The van der Waals surface area contributed by atoms with Crippen molar-refractivity contribution in [3.05, 3.63) is 59.7 Å². The van der Waals surface area contributed by atoms with Crippen LogP contribution in [0.3, 0.4) is 0 Å². The van der Waals surface area contributed by atoms with Gasteiger partial charge in [-0.05, 0) is 49.6 Å². The van der Waals surface area contributed by atoms with E-state index >= 15 is 0 Å². The standard InChI is InChI=1S/C22H29F2N3O3.HI/c1-3-25-22(26-14-13-17-7-5-6-8-20(17)29-4-2)27-15-19(28)16-9-11-18(12-10-16)30-21(23)24;/h5-12,19,21,28H,3-4,13-15H2,1-2H3,(H2,25,26,27);1H. The summed E-state index contributed by atoms with van der Waals surface area (Å²) in [6.07, 6.45) is -0.103. The van der Waals surface area contributed by atoms with Crippen LogP contribution in [0.25, 0.3) is 0 Å². The maximum atomic E-state index is 12.2. The Kier molecular flexibility index (Phi) is 12.8. The van der Waals surface area contributed by atoms with Crippen molar-refractivity contribution in [2.75, 3.05) is 26.2 Å². The fraction of sp³-hybridized carbons (Fsp3) is 0.409. The highest BCUT2D eigenvalue weighted by atomic mass is 127. The second kappa shape index (κ2) is 14.8. The largest absolute Gasteiger partial charge is 0.494 e. The normalized spacial score (nSPS) is 12.1. The Bertz CT molecular complexity index is 792. The number of guanidine groups is 1. The minimum Gasteiger partial charge on any atom is -0.494 e. The van der Waals surface area contributed by atoms with E-state index in [1.807, 2.05) is 38.1 Å². The molecule has 0 amide bonds. The van der Waals surface area contributed by atoms with Crippen molar-refractivity contribution in [3.8, 4) is 11.5 Å². The van der Waals surface area contributed by atoms with E-state index in [0.717, 1.165) is 17.7 Å². The van der Waals surface area contributed by atoms with Crippen molar-refractivity contribution >= 4 is 29.9 Å². The Labute approximate surface area is 199 Å². The van der Waals surface area contributed by atoms with Gasteiger partial charge in [0, 0.05) is 13.1 Å². The number of halogens is 3. The van der Waals surface area contributed by atoms with Gasteiger partial charge in [0.05, 0.1) is 19.3 Å². The highest BCUT2D eigenvalue weighted by molar-refractivity contribution is 14.0. The predicted molar refractivity (Wildman–Crippen MR) is 129 cm³/mol. The summed E-state index contributed by atoms with van der Waals surface area (Å²) in [7, 11) is 0. The molecule has 0 aromatic heterocycles. The molecule has 0 aliphatic rings. The Balaban J connectivity index is 0.00000480. The van der Waals surface area contributed by atoms with Gasteiger partial charge in [-0.3, -0.25) is 4.99 Å². The number of benzene rings is 2. The Morgan fingerprint density at radius 3 is 2.42 bits per heavy atom. The molecule has 2 rings (SSSR count). The lowest BCUT2D eigenvalue weighted by Gasteiger charge is -2.15. The van der Waals surface area contributed by atoms with Crippen LogP contribution < -0.4 is 20.1 Å². The average molecular weight is 549 g/mol. The van der Waals surface area contributed by atoms with Gasteiger partial charge >= 0.3 is 6.61 Å². The number of aliphatic hydroxyl groups is 1. The molecule has 172 valence electrons. The Morgan fingerprint density at radius 2 is 1.77 bits per heavy atom. The van der Waals surface area contributed by atoms with Crippen LogP contribution in [-0.2, 0) is 6.42 Å². The van der Waals surface area contributed by atoms with Crippen LogP contribution in [-0.4, -0.2) is 43.9 Å². The monoisotopic (exact) mass is 549 g/mol. The first kappa shape index (κ1) is 26.9. The number of aliphatic imine (C=N–C) groups is 1. The van der Waals surface area contributed by atoms with Crippen molar-refractivity contribution < 1.29 is 23.4 Å². The molecular formula is C22H30F2IN3O3. The van der Waals surface area contributed by atoms with Gasteiger partial charge < -0.3 is 25.2 Å². The molecule has 1 unspecified atom stereocenters. The number of para-hydroxylation sites is 1. The number of aliphatic hydroxyl groups excluding tert-OH is 1. The Hall–Kier alpha value is -2.14. The van der Waals surface area contributed by atoms with E-state index in [1.54, 1.807) is 12.1 Å². The zero-order chi connectivity index (χ0) is 21.8. The molecule has 0 radical (unpaired) electrons. The number of ether oxygens (including phenoxy) is 2. The van der Waals surface area contributed by atoms with Gasteiger partial charge in [-0.1, -0.05) is 30.3 Å². The van der Waals surface area contributed by atoms with E-state index in [4.69, 9.17) is 4.74 Å². The maximum absolute atomic E-state index is 12.2. The molecule has 0 aliphatic heterocycles. The molecule has 0 aliphatic carbocycles. The van der Waals surface area contributed by atoms with Crippen molar-refractivity contribution in [1.82, 2.24) is 10.6 Å². The number of nitrogens with zero attached hydrogens (tertiary/aromatic N) is 1. The second-order valence-electron chi connectivity index (χ2n) is 6.40. The molecule has 0 heterocycles. The fourth-order valence-corrected chi connectivity index (χ4v) is 2.82. The van der Waals surface area contributed by atoms with E-state index < -0.39 is 12.7 Å². The molecule has 2 aromatic rings. The third-order valence-corrected chi connectivity index (χ3v) is 4.22. The van der Waals surface area contributed by atoms with Crippen LogP contribution in [0.1, 0.15) is 31.1 Å². The van der Waals surface area contributed by atoms with Gasteiger partial charge in [-0.2, -0.15) is 8.78 Å². The highest BCUT2D eigenvalue weighted by Gasteiger charge is 2.10. The number of hydrogen-bond donors (Lipinski definition) is 3. The number of hydrogen-bond acceptors (Lipinski definition) is 4. The molecule has 1 atom stereocenters. The predicted octanol–water partition coefficient (Wildman–Crippen LogP) is 4.14. The first-order chi connectivity index (χ1) is 14.5. The minimum atomic E-state index is -2.88. The summed E-state index contributed by atoms with van der Waals surface area (Å²) in [5.41, 5.74) is 1.68. The SMILES string of the molecule is CCNC(=NCC(O)c1ccc(OC(F)F)cc1)NCCc1ccccc1OCC.I. The zero-order valence-electron chi connectivity index (χ0n) is 17.7. The lowest BCUT2D eigenvalue weighted by molar-refractivity contribution is -0.0498. The molecular weight excluding hydrogens is 519 g/mol. The molecule has 9 heteroatoms. The summed E-state index contributed by atoms with van der Waals surface area (Å²) >= 11 is 0.